The molecule has 2 aromatic carbocycles. The number of hydrogen-bond acceptors (Lipinski definition) is 7. The number of hydrogen-bond donors (Lipinski definition) is 1. The third-order valence-electron chi connectivity index (χ3n) is 5.09. The standard InChI is InChI=1S/C25H24ClFN4O3/c1-2-34-23(32)7-6-17-4-3-5-18(12-17)22-16-28-25(29-21-14-19(26)13-20(27)15-21)30-24(22)31-8-10-33-11-9-31/h3-7,12-16H,2,8-11H2,1H3,(H,28,29,30). The van der Waals surface area contributed by atoms with E-state index in [0.29, 0.717) is 44.5 Å². The van der Waals surface area contributed by atoms with Crippen molar-refractivity contribution in [2.24, 2.45) is 0 Å². The number of carbonyl (C=O) groups is 1. The minimum absolute atomic E-state index is 0.278. The van der Waals surface area contributed by atoms with Crippen LogP contribution in [-0.4, -0.2) is 48.8 Å². The van der Waals surface area contributed by atoms with Crippen LogP contribution in [0.1, 0.15) is 12.5 Å². The molecule has 34 heavy (non-hydrogen) atoms. The molecule has 0 amide bonds. The monoisotopic (exact) mass is 482 g/mol. The summed E-state index contributed by atoms with van der Waals surface area (Å²) in [6.45, 7) is 4.63. The molecule has 9 heteroatoms. The van der Waals surface area contributed by atoms with Crippen LogP contribution in [0.5, 0.6) is 0 Å². The maximum atomic E-state index is 13.8. The van der Waals surface area contributed by atoms with Crippen LogP contribution in [-0.2, 0) is 14.3 Å². The number of morpholine rings is 1. The third-order valence-corrected chi connectivity index (χ3v) is 5.31. The number of benzene rings is 2. The highest BCUT2D eigenvalue weighted by atomic mass is 35.5. The molecule has 1 aliphatic rings. The van der Waals surface area contributed by atoms with E-state index in [9.17, 15) is 9.18 Å². The van der Waals surface area contributed by atoms with Crippen LogP contribution in [0.2, 0.25) is 5.02 Å². The molecule has 0 spiro atoms. The van der Waals surface area contributed by atoms with Gasteiger partial charge in [0, 0.05) is 41.6 Å². The molecule has 4 rings (SSSR count). The lowest BCUT2D eigenvalue weighted by atomic mass is 10.0. The first-order chi connectivity index (χ1) is 16.5. The average Bonchev–Trinajstić information content (AvgIpc) is 2.83. The molecule has 0 radical (unpaired) electrons. The van der Waals surface area contributed by atoms with Crippen LogP contribution in [0.25, 0.3) is 17.2 Å². The Morgan fingerprint density at radius 3 is 2.85 bits per heavy atom. The Bertz CT molecular complexity index is 1180. The quantitative estimate of drug-likeness (QED) is 0.371. The molecule has 2 heterocycles. The highest BCUT2D eigenvalue weighted by molar-refractivity contribution is 6.30. The first-order valence-electron chi connectivity index (χ1n) is 10.9. The van der Waals surface area contributed by atoms with Crippen LogP contribution in [0.4, 0.5) is 21.8 Å². The van der Waals surface area contributed by atoms with Crippen LogP contribution in [0.15, 0.2) is 54.7 Å². The van der Waals surface area contributed by atoms with Crippen molar-refractivity contribution < 1.29 is 18.7 Å². The Balaban J connectivity index is 1.68. The van der Waals surface area contributed by atoms with Crippen LogP contribution in [0, 0.1) is 5.82 Å². The number of aromatic nitrogens is 2. The summed E-state index contributed by atoms with van der Waals surface area (Å²) in [6.07, 6.45) is 4.84. The molecule has 0 saturated carbocycles. The van der Waals surface area contributed by atoms with Crippen LogP contribution >= 0.6 is 11.6 Å². The zero-order chi connectivity index (χ0) is 23.9. The average molecular weight is 483 g/mol. The summed E-state index contributed by atoms with van der Waals surface area (Å²) in [5, 5.41) is 3.31. The molecule has 3 aromatic rings. The highest BCUT2D eigenvalue weighted by Gasteiger charge is 2.19. The molecule has 176 valence electrons. The van der Waals surface area contributed by atoms with E-state index in [4.69, 9.17) is 26.1 Å². The van der Waals surface area contributed by atoms with Crippen LogP contribution < -0.4 is 10.2 Å². The van der Waals surface area contributed by atoms with Gasteiger partial charge in [-0.05, 0) is 48.4 Å². The van der Waals surface area contributed by atoms with Crippen molar-refractivity contribution in [3.63, 3.8) is 0 Å². The number of halogens is 2. The maximum Gasteiger partial charge on any atom is 0.330 e. The summed E-state index contributed by atoms with van der Waals surface area (Å²) in [5.74, 6) is 0.214. The Hall–Kier alpha value is -3.49. The lowest BCUT2D eigenvalue weighted by Crippen LogP contribution is -2.37. The predicted molar refractivity (Wildman–Crippen MR) is 131 cm³/mol. The van der Waals surface area contributed by atoms with Crippen molar-refractivity contribution in [3.05, 3.63) is 71.1 Å². The van der Waals surface area contributed by atoms with E-state index < -0.39 is 11.8 Å². The molecular weight excluding hydrogens is 459 g/mol. The third kappa shape index (κ3) is 6.09. The van der Waals surface area contributed by atoms with Gasteiger partial charge < -0.3 is 19.7 Å². The number of esters is 1. The number of rotatable bonds is 7. The van der Waals surface area contributed by atoms with Crippen molar-refractivity contribution in [2.75, 3.05) is 43.1 Å². The van der Waals surface area contributed by atoms with Gasteiger partial charge in [-0.3, -0.25) is 0 Å². The molecule has 1 saturated heterocycles. The van der Waals surface area contributed by atoms with Gasteiger partial charge in [0.1, 0.15) is 11.6 Å². The number of anilines is 3. The molecule has 0 atom stereocenters. The van der Waals surface area contributed by atoms with Gasteiger partial charge in [-0.1, -0.05) is 29.8 Å². The second kappa shape index (κ2) is 11.1. The topological polar surface area (TPSA) is 76.6 Å². The molecule has 1 N–H and O–H groups in total. The minimum Gasteiger partial charge on any atom is -0.463 e. The van der Waals surface area contributed by atoms with E-state index in [0.717, 1.165) is 22.5 Å². The minimum atomic E-state index is -0.451. The fraction of sp³-hybridized carbons (Fsp3) is 0.240. The van der Waals surface area contributed by atoms with E-state index >= 15 is 0 Å². The smallest absolute Gasteiger partial charge is 0.330 e. The number of nitrogens with zero attached hydrogens (tertiary/aromatic N) is 3. The molecule has 0 bridgehead atoms. The summed E-state index contributed by atoms with van der Waals surface area (Å²) >= 11 is 5.97. The first kappa shape index (κ1) is 23.7. The van der Waals surface area contributed by atoms with E-state index in [2.05, 4.69) is 15.2 Å². The second-order valence-electron chi connectivity index (χ2n) is 7.52. The Kier molecular flexibility index (Phi) is 7.72. The molecule has 1 aliphatic heterocycles. The van der Waals surface area contributed by atoms with E-state index in [1.807, 2.05) is 24.3 Å². The summed E-state index contributed by atoms with van der Waals surface area (Å²) < 4.78 is 24.2. The van der Waals surface area contributed by atoms with Crippen molar-refractivity contribution in [2.45, 2.75) is 6.92 Å². The number of nitrogens with one attached hydrogen (secondary N) is 1. The molecule has 1 fully saturated rings. The molecule has 1 aromatic heterocycles. The van der Waals surface area contributed by atoms with E-state index in [1.165, 1.54) is 18.2 Å². The van der Waals surface area contributed by atoms with Crippen molar-refractivity contribution in [3.8, 4) is 11.1 Å². The fourth-order valence-electron chi connectivity index (χ4n) is 3.57. The number of ether oxygens (including phenoxy) is 2. The predicted octanol–water partition coefficient (Wildman–Crippen LogP) is 5.09. The lowest BCUT2D eigenvalue weighted by Gasteiger charge is -2.29. The maximum absolute atomic E-state index is 13.8. The highest BCUT2D eigenvalue weighted by Crippen LogP contribution is 2.32. The Morgan fingerprint density at radius 1 is 1.26 bits per heavy atom. The molecule has 0 aliphatic carbocycles. The SMILES string of the molecule is CCOC(=O)C=Cc1cccc(-c2cnc(Nc3cc(F)cc(Cl)c3)nc2N2CCOCC2)c1. The fourth-order valence-corrected chi connectivity index (χ4v) is 3.79. The first-order valence-corrected chi connectivity index (χ1v) is 11.3. The normalized spacial score (nSPS) is 13.8. The number of carbonyl (C=O) groups excluding carboxylic acids is 1. The van der Waals surface area contributed by atoms with Crippen LogP contribution in [0.3, 0.4) is 0 Å². The lowest BCUT2D eigenvalue weighted by molar-refractivity contribution is -0.137. The largest absolute Gasteiger partial charge is 0.463 e. The van der Waals surface area contributed by atoms with Crippen molar-refractivity contribution in [1.29, 1.82) is 0 Å². The van der Waals surface area contributed by atoms with E-state index in [-0.39, 0.29) is 5.02 Å². The molecular formula is C25H24ClFN4O3. The van der Waals surface area contributed by atoms with Gasteiger partial charge in [-0.15, -0.1) is 0 Å². The summed E-state index contributed by atoms with van der Waals surface area (Å²) in [5.41, 5.74) is 3.02. The summed E-state index contributed by atoms with van der Waals surface area (Å²) in [4.78, 5) is 23.0. The molecule has 0 unspecified atom stereocenters. The van der Waals surface area contributed by atoms with Gasteiger partial charge in [0.25, 0.3) is 0 Å². The van der Waals surface area contributed by atoms with Gasteiger partial charge in [0.15, 0.2) is 0 Å². The summed E-state index contributed by atoms with van der Waals surface area (Å²) in [6, 6.07) is 11.9. The zero-order valence-corrected chi connectivity index (χ0v) is 19.4. The summed E-state index contributed by atoms with van der Waals surface area (Å²) in [7, 11) is 0. The van der Waals surface area contributed by atoms with Gasteiger partial charge >= 0.3 is 5.97 Å². The van der Waals surface area contributed by atoms with E-state index in [1.54, 1.807) is 25.3 Å². The Labute approximate surface area is 202 Å². The van der Waals surface area contributed by atoms with Gasteiger partial charge in [0.2, 0.25) is 5.95 Å². The zero-order valence-electron chi connectivity index (χ0n) is 18.6. The molecule has 7 nitrogen and oxygen atoms in total. The van der Waals surface area contributed by atoms with Gasteiger partial charge in [-0.2, -0.15) is 4.98 Å². The van der Waals surface area contributed by atoms with Gasteiger partial charge in [0.05, 0.1) is 19.8 Å². The van der Waals surface area contributed by atoms with Gasteiger partial charge in [-0.25, -0.2) is 14.2 Å². The van der Waals surface area contributed by atoms with Crippen molar-refractivity contribution in [1.82, 2.24) is 9.97 Å². The van der Waals surface area contributed by atoms with Crippen molar-refractivity contribution >= 4 is 41.1 Å². The Morgan fingerprint density at radius 2 is 2.09 bits per heavy atom. The second-order valence-corrected chi connectivity index (χ2v) is 7.96.